The largest absolute Gasteiger partial charge is 0.480 e. The maximum absolute atomic E-state index is 11.0. The molecule has 3 rings (SSSR count). The number of aromatic nitrogens is 3. The van der Waals surface area contributed by atoms with Crippen LogP contribution < -0.4 is 4.90 Å². The van der Waals surface area contributed by atoms with Crippen LogP contribution in [0.1, 0.15) is 5.69 Å². The summed E-state index contributed by atoms with van der Waals surface area (Å²) >= 11 is 6.04. The number of carbonyl (C=O) groups is 1. The lowest BCUT2D eigenvalue weighted by Crippen LogP contribution is -2.26. The summed E-state index contributed by atoms with van der Waals surface area (Å²) < 4.78 is 0. The number of H-pyrrole nitrogens is 1. The van der Waals surface area contributed by atoms with Crippen molar-refractivity contribution in [2.24, 2.45) is 0 Å². The van der Waals surface area contributed by atoms with Gasteiger partial charge in [-0.05, 0) is 25.1 Å². The summed E-state index contributed by atoms with van der Waals surface area (Å²) in [6.07, 6.45) is 0. The van der Waals surface area contributed by atoms with Gasteiger partial charge in [0.05, 0.1) is 5.39 Å². The highest BCUT2D eigenvalue weighted by Gasteiger charge is 2.16. The Balaban J connectivity index is 2.19. The molecule has 0 bridgehead atoms. The normalized spacial score (nSPS) is 10.9. The maximum Gasteiger partial charge on any atom is 0.323 e. The van der Waals surface area contributed by atoms with Crippen molar-refractivity contribution in [3.8, 4) is 11.4 Å². The Morgan fingerprint density at radius 1 is 1.35 bits per heavy atom. The van der Waals surface area contributed by atoms with E-state index >= 15 is 0 Å². The molecule has 1 aromatic carbocycles. The van der Waals surface area contributed by atoms with Crippen molar-refractivity contribution in [3.05, 3.63) is 41.0 Å². The number of hydrogen-bond acceptors (Lipinski definition) is 4. The summed E-state index contributed by atoms with van der Waals surface area (Å²) in [4.78, 5) is 24.9. The van der Waals surface area contributed by atoms with E-state index < -0.39 is 5.97 Å². The van der Waals surface area contributed by atoms with Gasteiger partial charge >= 0.3 is 5.97 Å². The molecule has 23 heavy (non-hydrogen) atoms. The number of rotatable bonds is 4. The fourth-order valence-corrected chi connectivity index (χ4v) is 2.64. The highest BCUT2D eigenvalue weighted by Crippen LogP contribution is 2.28. The predicted molar refractivity (Wildman–Crippen MR) is 90.0 cm³/mol. The predicted octanol–water partition coefficient (Wildman–Crippen LogP) is 3.11. The molecule has 0 aliphatic rings. The van der Waals surface area contributed by atoms with E-state index in [9.17, 15) is 4.79 Å². The molecule has 0 atom stereocenters. The fraction of sp³-hybridized carbons (Fsp3) is 0.188. The van der Waals surface area contributed by atoms with Crippen LogP contribution in [0.3, 0.4) is 0 Å². The van der Waals surface area contributed by atoms with Crippen LogP contribution in [0.4, 0.5) is 5.82 Å². The third kappa shape index (κ3) is 3.12. The van der Waals surface area contributed by atoms with Gasteiger partial charge in [-0.2, -0.15) is 0 Å². The number of aryl methyl sites for hydroxylation is 1. The minimum absolute atomic E-state index is 0.147. The summed E-state index contributed by atoms with van der Waals surface area (Å²) in [5.74, 6) is 0.140. The van der Waals surface area contributed by atoms with Crippen molar-refractivity contribution < 1.29 is 9.90 Å². The van der Waals surface area contributed by atoms with Gasteiger partial charge in [0.15, 0.2) is 5.82 Å². The molecule has 2 aromatic heterocycles. The van der Waals surface area contributed by atoms with E-state index in [0.29, 0.717) is 22.3 Å². The van der Waals surface area contributed by atoms with Crippen LogP contribution in [0.5, 0.6) is 0 Å². The number of likely N-dealkylation sites (N-methyl/N-ethyl adjacent to an activating group) is 1. The van der Waals surface area contributed by atoms with Crippen molar-refractivity contribution in [1.82, 2.24) is 15.0 Å². The molecule has 3 aromatic rings. The first-order valence-electron chi connectivity index (χ1n) is 7.00. The first-order chi connectivity index (χ1) is 10.9. The third-order valence-corrected chi connectivity index (χ3v) is 3.65. The zero-order valence-electron chi connectivity index (χ0n) is 12.7. The van der Waals surface area contributed by atoms with Gasteiger partial charge in [-0.1, -0.05) is 23.7 Å². The summed E-state index contributed by atoms with van der Waals surface area (Å²) in [6, 6.07) is 9.15. The van der Waals surface area contributed by atoms with Gasteiger partial charge in [0.25, 0.3) is 0 Å². The SMILES string of the molecule is Cc1cc2c(N(C)CC(=O)O)nc(-c3cccc(Cl)c3)nc2[nH]1. The number of nitrogens with zero attached hydrogens (tertiary/aromatic N) is 3. The number of hydrogen-bond donors (Lipinski definition) is 2. The standard InChI is InChI=1S/C16H15ClN4O2/c1-9-6-12-15(18-9)19-14(10-4-3-5-11(17)7-10)20-16(12)21(2)8-13(22)23/h3-7H,8H2,1-2H3,(H,22,23)(H,18,19,20). The molecule has 2 heterocycles. The van der Waals surface area contributed by atoms with Crippen LogP contribution in [-0.4, -0.2) is 39.6 Å². The Morgan fingerprint density at radius 3 is 2.83 bits per heavy atom. The second-order valence-corrected chi connectivity index (χ2v) is 5.78. The lowest BCUT2D eigenvalue weighted by atomic mass is 10.2. The fourth-order valence-electron chi connectivity index (χ4n) is 2.45. The Kier molecular flexibility index (Phi) is 3.92. The number of aliphatic carboxylic acids is 1. The second kappa shape index (κ2) is 5.89. The number of anilines is 1. The van der Waals surface area contributed by atoms with E-state index in [1.54, 1.807) is 24.1 Å². The molecule has 0 saturated carbocycles. The topological polar surface area (TPSA) is 82.1 Å². The first kappa shape index (κ1) is 15.3. The smallest absolute Gasteiger partial charge is 0.323 e. The summed E-state index contributed by atoms with van der Waals surface area (Å²) in [5, 5.41) is 10.4. The van der Waals surface area contributed by atoms with Crippen LogP contribution in [0.2, 0.25) is 5.02 Å². The molecule has 0 spiro atoms. The minimum atomic E-state index is -0.921. The quantitative estimate of drug-likeness (QED) is 0.768. The summed E-state index contributed by atoms with van der Waals surface area (Å²) in [6.45, 7) is 1.77. The van der Waals surface area contributed by atoms with E-state index in [0.717, 1.165) is 16.6 Å². The van der Waals surface area contributed by atoms with E-state index in [1.165, 1.54) is 0 Å². The molecule has 0 fully saturated rings. The van der Waals surface area contributed by atoms with Gasteiger partial charge in [-0.25, -0.2) is 9.97 Å². The van der Waals surface area contributed by atoms with Crippen LogP contribution >= 0.6 is 11.6 Å². The average Bonchev–Trinajstić information content (AvgIpc) is 2.85. The van der Waals surface area contributed by atoms with Gasteiger partial charge in [-0.15, -0.1) is 0 Å². The molecule has 6 nitrogen and oxygen atoms in total. The number of nitrogens with one attached hydrogen (secondary N) is 1. The Bertz CT molecular complexity index is 891. The number of aromatic amines is 1. The average molecular weight is 331 g/mol. The van der Waals surface area contributed by atoms with Crippen LogP contribution in [0.15, 0.2) is 30.3 Å². The Morgan fingerprint density at radius 2 is 2.13 bits per heavy atom. The maximum atomic E-state index is 11.0. The number of carboxylic acid groups (broad SMARTS) is 1. The van der Waals surface area contributed by atoms with Gasteiger partial charge in [0.2, 0.25) is 0 Å². The summed E-state index contributed by atoms with van der Waals surface area (Å²) in [5.41, 5.74) is 2.37. The molecule has 0 aliphatic heterocycles. The van der Waals surface area contributed by atoms with Crippen LogP contribution in [-0.2, 0) is 4.79 Å². The molecule has 0 amide bonds. The lowest BCUT2D eigenvalue weighted by Gasteiger charge is -2.17. The van der Waals surface area contributed by atoms with Gasteiger partial charge in [0, 0.05) is 23.3 Å². The molecule has 0 radical (unpaired) electrons. The highest BCUT2D eigenvalue weighted by molar-refractivity contribution is 6.30. The van der Waals surface area contributed by atoms with E-state index in [4.69, 9.17) is 16.7 Å². The van der Waals surface area contributed by atoms with Crippen molar-refractivity contribution in [3.63, 3.8) is 0 Å². The minimum Gasteiger partial charge on any atom is -0.480 e. The molecule has 0 saturated heterocycles. The Hall–Kier alpha value is -2.60. The lowest BCUT2D eigenvalue weighted by molar-refractivity contribution is -0.135. The monoisotopic (exact) mass is 330 g/mol. The van der Waals surface area contributed by atoms with E-state index in [-0.39, 0.29) is 6.54 Å². The first-order valence-corrected chi connectivity index (χ1v) is 7.38. The highest BCUT2D eigenvalue weighted by atomic mass is 35.5. The summed E-state index contributed by atoms with van der Waals surface area (Å²) in [7, 11) is 1.69. The van der Waals surface area contributed by atoms with Gasteiger partial charge in [0.1, 0.15) is 18.0 Å². The van der Waals surface area contributed by atoms with Crippen LogP contribution in [0, 0.1) is 6.92 Å². The van der Waals surface area contributed by atoms with Crippen LogP contribution in [0.25, 0.3) is 22.4 Å². The van der Waals surface area contributed by atoms with Crippen molar-refractivity contribution in [2.75, 3.05) is 18.5 Å². The molecule has 0 aliphatic carbocycles. The molecule has 7 heteroatoms. The van der Waals surface area contributed by atoms with Gasteiger partial charge in [-0.3, -0.25) is 4.79 Å². The molecular weight excluding hydrogens is 316 g/mol. The van der Waals surface area contributed by atoms with E-state index in [1.807, 2.05) is 25.1 Å². The molecule has 118 valence electrons. The zero-order valence-corrected chi connectivity index (χ0v) is 13.4. The molecule has 2 N–H and O–H groups in total. The second-order valence-electron chi connectivity index (χ2n) is 5.35. The van der Waals surface area contributed by atoms with Crippen molar-refractivity contribution in [2.45, 2.75) is 6.92 Å². The number of fused-ring (bicyclic) bond motifs is 1. The number of halogens is 1. The van der Waals surface area contributed by atoms with E-state index in [2.05, 4.69) is 15.0 Å². The van der Waals surface area contributed by atoms with Gasteiger partial charge < -0.3 is 15.0 Å². The van der Waals surface area contributed by atoms with Crippen molar-refractivity contribution >= 4 is 34.4 Å². The number of benzene rings is 1. The number of carboxylic acids is 1. The molecule has 0 unspecified atom stereocenters. The zero-order chi connectivity index (χ0) is 16.6. The Labute approximate surface area is 137 Å². The molecular formula is C16H15ClN4O2. The third-order valence-electron chi connectivity index (χ3n) is 3.42. The van der Waals surface area contributed by atoms with Crippen molar-refractivity contribution in [1.29, 1.82) is 0 Å².